The highest BCUT2D eigenvalue weighted by molar-refractivity contribution is 5.98. The van der Waals surface area contributed by atoms with E-state index in [4.69, 9.17) is 18.9 Å². The van der Waals surface area contributed by atoms with E-state index in [0.717, 1.165) is 5.56 Å². The number of methoxy groups -OCH3 is 1. The summed E-state index contributed by atoms with van der Waals surface area (Å²) in [4.78, 5) is 41.1. The summed E-state index contributed by atoms with van der Waals surface area (Å²) in [6, 6.07) is 6.59. The lowest BCUT2D eigenvalue weighted by Crippen LogP contribution is -2.43. The van der Waals surface area contributed by atoms with Gasteiger partial charge in [0.25, 0.3) is 5.91 Å². The molecule has 0 spiro atoms. The molecule has 2 unspecified atom stereocenters. The van der Waals surface area contributed by atoms with Crippen LogP contribution in [0.2, 0.25) is 0 Å². The van der Waals surface area contributed by atoms with Crippen molar-refractivity contribution in [3.05, 3.63) is 53.6 Å². The highest BCUT2D eigenvalue weighted by Gasteiger charge is 2.30. The molecule has 1 amide bonds. The predicted octanol–water partition coefficient (Wildman–Crippen LogP) is 2.61. The molecule has 2 heterocycles. The van der Waals surface area contributed by atoms with Crippen molar-refractivity contribution in [2.45, 2.75) is 51.4 Å². The first-order chi connectivity index (χ1) is 16.3. The van der Waals surface area contributed by atoms with Crippen LogP contribution in [0.4, 0.5) is 4.39 Å². The number of amides is 1. The number of pyridine rings is 1. The minimum atomic E-state index is -1.00. The van der Waals surface area contributed by atoms with Gasteiger partial charge in [-0.2, -0.15) is 0 Å². The van der Waals surface area contributed by atoms with Crippen LogP contribution in [0.15, 0.2) is 36.5 Å². The molecule has 1 aliphatic heterocycles. The fraction of sp³-hybridized carbons (Fsp3) is 0.417. The number of esters is 2. The first-order valence-corrected chi connectivity index (χ1v) is 10.9. The van der Waals surface area contributed by atoms with E-state index in [9.17, 15) is 18.8 Å². The van der Waals surface area contributed by atoms with E-state index in [2.05, 4.69) is 10.3 Å². The van der Waals surface area contributed by atoms with Gasteiger partial charge in [-0.1, -0.05) is 12.1 Å². The highest BCUT2D eigenvalue weighted by Crippen LogP contribution is 2.30. The van der Waals surface area contributed by atoms with E-state index in [1.165, 1.54) is 38.4 Å². The van der Waals surface area contributed by atoms with Crippen molar-refractivity contribution >= 4 is 17.8 Å². The van der Waals surface area contributed by atoms with E-state index in [1.54, 1.807) is 19.1 Å². The number of carbonyl (C=O) groups is 3. The minimum Gasteiger partial charge on any atom is -0.493 e. The zero-order valence-corrected chi connectivity index (χ0v) is 19.2. The third-order valence-corrected chi connectivity index (χ3v) is 5.19. The largest absolute Gasteiger partial charge is 0.493 e. The van der Waals surface area contributed by atoms with Crippen LogP contribution < -0.4 is 14.8 Å². The number of rotatable bonds is 6. The number of nitrogens with one attached hydrogen (secondary N) is 1. The number of ether oxygens (including phenoxy) is 4. The lowest BCUT2D eigenvalue weighted by molar-refractivity contribution is -0.151. The van der Waals surface area contributed by atoms with E-state index in [0.29, 0.717) is 12.8 Å². The maximum Gasteiger partial charge on any atom is 0.329 e. The molecule has 34 heavy (non-hydrogen) atoms. The molecule has 9 nitrogen and oxygen atoms in total. The lowest BCUT2D eigenvalue weighted by Gasteiger charge is -2.20. The Hall–Kier alpha value is -3.53. The van der Waals surface area contributed by atoms with Crippen LogP contribution in [0.25, 0.3) is 0 Å². The summed E-state index contributed by atoms with van der Waals surface area (Å²) in [5.74, 6) is -2.31. The van der Waals surface area contributed by atoms with E-state index >= 15 is 0 Å². The minimum absolute atomic E-state index is 0.143. The first kappa shape index (κ1) is 25.1. The van der Waals surface area contributed by atoms with Crippen molar-refractivity contribution in [2.24, 2.45) is 0 Å². The molecule has 0 saturated carbocycles. The van der Waals surface area contributed by atoms with Gasteiger partial charge in [-0.3, -0.25) is 9.59 Å². The Balaban J connectivity index is 1.71. The van der Waals surface area contributed by atoms with Crippen molar-refractivity contribution < 1.29 is 37.7 Å². The number of hydrogen-bond acceptors (Lipinski definition) is 8. The second-order valence-corrected chi connectivity index (χ2v) is 7.91. The Bertz CT molecular complexity index is 1030. The summed E-state index contributed by atoms with van der Waals surface area (Å²) in [6.07, 6.45) is 1.73. The van der Waals surface area contributed by atoms with Gasteiger partial charge >= 0.3 is 11.9 Å². The zero-order valence-electron chi connectivity index (χ0n) is 19.2. The van der Waals surface area contributed by atoms with Gasteiger partial charge in [-0.15, -0.1) is 0 Å². The second kappa shape index (κ2) is 11.6. The topological polar surface area (TPSA) is 113 Å². The average Bonchev–Trinajstić information content (AvgIpc) is 2.84. The van der Waals surface area contributed by atoms with Gasteiger partial charge in [0, 0.05) is 38.6 Å². The summed E-state index contributed by atoms with van der Waals surface area (Å²) < 4.78 is 34.9. The van der Waals surface area contributed by atoms with E-state index in [1.807, 2.05) is 0 Å². The summed E-state index contributed by atoms with van der Waals surface area (Å²) in [6.45, 7) is 3.11. The Kier molecular flexibility index (Phi) is 8.53. The van der Waals surface area contributed by atoms with Gasteiger partial charge in [-0.05, 0) is 31.0 Å². The second-order valence-electron chi connectivity index (χ2n) is 7.91. The molecular weight excluding hydrogens is 447 g/mol. The van der Waals surface area contributed by atoms with Gasteiger partial charge in [0.2, 0.25) is 5.75 Å². The van der Waals surface area contributed by atoms with Crippen LogP contribution in [-0.4, -0.2) is 54.8 Å². The van der Waals surface area contributed by atoms with Gasteiger partial charge in [-0.25, -0.2) is 14.2 Å². The van der Waals surface area contributed by atoms with Crippen LogP contribution in [0.1, 0.15) is 42.7 Å². The Morgan fingerprint density at radius 1 is 1.24 bits per heavy atom. The summed E-state index contributed by atoms with van der Waals surface area (Å²) in [5, 5.41) is 2.59. The van der Waals surface area contributed by atoms with E-state index < -0.39 is 30.0 Å². The van der Waals surface area contributed by atoms with Gasteiger partial charge < -0.3 is 24.3 Å². The Labute approximate surface area is 196 Å². The SMILES string of the molecule is COc1ccnc(C(=O)N[C@H]2CCOC(Cc3ccc(F)cc3)CC(C)OC2=O)c1OC(C)=O. The molecule has 3 atom stereocenters. The monoisotopic (exact) mass is 474 g/mol. The average molecular weight is 474 g/mol. The summed E-state index contributed by atoms with van der Waals surface area (Å²) in [7, 11) is 1.36. The molecule has 1 saturated heterocycles. The highest BCUT2D eigenvalue weighted by atomic mass is 19.1. The molecule has 1 aromatic carbocycles. The third-order valence-electron chi connectivity index (χ3n) is 5.19. The molecular formula is C24H27FN2O7. The summed E-state index contributed by atoms with van der Waals surface area (Å²) >= 11 is 0. The quantitative estimate of drug-likeness (QED) is 0.636. The molecule has 1 fully saturated rings. The number of aromatic nitrogens is 1. The number of cyclic esters (lactones) is 1. The lowest BCUT2D eigenvalue weighted by atomic mass is 10.0. The molecule has 1 aromatic heterocycles. The molecule has 10 heteroatoms. The first-order valence-electron chi connectivity index (χ1n) is 10.9. The fourth-order valence-corrected chi connectivity index (χ4v) is 3.62. The number of hydrogen-bond donors (Lipinski definition) is 1. The van der Waals surface area contributed by atoms with Crippen LogP contribution >= 0.6 is 0 Å². The van der Waals surface area contributed by atoms with Gasteiger partial charge in [0.15, 0.2) is 11.4 Å². The molecule has 2 aromatic rings. The molecule has 0 bridgehead atoms. The van der Waals surface area contributed by atoms with Crippen LogP contribution in [0, 0.1) is 5.82 Å². The molecule has 0 aliphatic carbocycles. The van der Waals surface area contributed by atoms with Crippen molar-refractivity contribution in [1.29, 1.82) is 0 Å². The third kappa shape index (κ3) is 6.74. The van der Waals surface area contributed by atoms with E-state index in [-0.39, 0.29) is 42.1 Å². The maximum absolute atomic E-state index is 13.2. The van der Waals surface area contributed by atoms with Crippen molar-refractivity contribution in [3.63, 3.8) is 0 Å². The maximum atomic E-state index is 13.2. The standard InChI is InChI=1S/C24H27FN2O7/c1-14-12-18(13-16-4-6-17(25)7-5-16)32-11-9-19(24(30)33-14)27-23(29)21-22(34-15(2)28)20(31-3)8-10-26-21/h4-8,10,14,18-19H,9,11-13H2,1-3H3,(H,27,29)/t14?,18?,19-/m0/s1. The van der Waals surface area contributed by atoms with Gasteiger partial charge in [0.1, 0.15) is 18.0 Å². The van der Waals surface area contributed by atoms with Crippen molar-refractivity contribution in [3.8, 4) is 11.5 Å². The van der Waals surface area contributed by atoms with Crippen LogP contribution in [-0.2, 0) is 25.5 Å². The number of carbonyl (C=O) groups excluding carboxylic acids is 3. The van der Waals surface area contributed by atoms with Crippen LogP contribution in [0.3, 0.4) is 0 Å². The zero-order chi connectivity index (χ0) is 24.7. The normalized spacial score (nSPS) is 20.8. The molecule has 0 radical (unpaired) electrons. The molecule has 182 valence electrons. The predicted molar refractivity (Wildman–Crippen MR) is 118 cm³/mol. The van der Waals surface area contributed by atoms with Gasteiger partial charge in [0.05, 0.1) is 13.2 Å². The summed E-state index contributed by atoms with van der Waals surface area (Å²) in [5.41, 5.74) is 0.696. The smallest absolute Gasteiger partial charge is 0.329 e. The van der Waals surface area contributed by atoms with Crippen molar-refractivity contribution in [1.82, 2.24) is 10.3 Å². The molecule has 3 rings (SSSR count). The number of nitrogens with zero attached hydrogens (tertiary/aromatic N) is 1. The van der Waals surface area contributed by atoms with Crippen LogP contribution in [0.5, 0.6) is 11.5 Å². The molecule has 1 aliphatic rings. The number of benzene rings is 1. The molecule has 1 N–H and O–H groups in total. The fourth-order valence-electron chi connectivity index (χ4n) is 3.62. The Morgan fingerprint density at radius 3 is 2.65 bits per heavy atom. The Morgan fingerprint density at radius 2 is 1.97 bits per heavy atom. The number of halogens is 1. The van der Waals surface area contributed by atoms with Crippen molar-refractivity contribution in [2.75, 3.05) is 13.7 Å².